The topological polar surface area (TPSA) is 74.7 Å². The van der Waals surface area contributed by atoms with Crippen molar-refractivity contribution in [3.63, 3.8) is 0 Å². The summed E-state index contributed by atoms with van der Waals surface area (Å²) in [6.45, 7) is 0.953. The average molecular weight is 301 g/mol. The minimum absolute atomic E-state index is 0.226. The Balaban J connectivity index is 2.05. The zero-order chi connectivity index (χ0) is 13.9. The van der Waals surface area contributed by atoms with Crippen LogP contribution in [0.2, 0.25) is 0 Å². The number of carbonyl (C=O) groups is 1. The first-order chi connectivity index (χ1) is 8.97. The Morgan fingerprint density at radius 1 is 1.47 bits per heavy atom. The van der Waals surface area contributed by atoms with Gasteiger partial charge in [-0.25, -0.2) is 13.2 Å². The van der Waals surface area contributed by atoms with Crippen LogP contribution in [0.3, 0.4) is 0 Å². The molecule has 1 aliphatic rings. The van der Waals surface area contributed by atoms with E-state index in [1.807, 2.05) is 11.4 Å². The minimum Gasteiger partial charge on any atom is -0.478 e. The van der Waals surface area contributed by atoms with E-state index < -0.39 is 16.0 Å². The van der Waals surface area contributed by atoms with Crippen LogP contribution in [0, 0.1) is 0 Å². The van der Waals surface area contributed by atoms with Crippen molar-refractivity contribution in [3.05, 3.63) is 28.0 Å². The fraction of sp³-hybridized carbons (Fsp3) is 0.417. The molecule has 7 heteroatoms. The lowest BCUT2D eigenvalue weighted by Gasteiger charge is -2.25. The van der Waals surface area contributed by atoms with E-state index in [2.05, 4.69) is 0 Å². The van der Waals surface area contributed by atoms with E-state index in [9.17, 15) is 13.2 Å². The second kappa shape index (κ2) is 5.85. The maximum Gasteiger partial charge on any atom is 0.328 e. The van der Waals surface area contributed by atoms with Crippen molar-refractivity contribution in [2.24, 2.45) is 0 Å². The highest BCUT2D eigenvalue weighted by Gasteiger charge is 2.25. The summed E-state index contributed by atoms with van der Waals surface area (Å²) in [7, 11) is -3.11. The molecule has 5 nitrogen and oxygen atoms in total. The second-order valence-corrected chi connectivity index (χ2v) is 7.46. The van der Waals surface area contributed by atoms with Crippen molar-refractivity contribution < 1.29 is 18.3 Å². The molecule has 0 amide bonds. The van der Waals surface area contributed by atoms with Crippen LogP contribution < -0.4 is 0 Å². The van der Waals surface area contributed by atoms with Crippen molar-refractivity contribution in [3.8, 4) is 0 Å². The molecular weight excluding hydrogens is 286 g/mol. The number of carboxylic acids is 1. The van der Waals surface area contributed by atoms with Crippen LogP contribution in [0.25, 0.3) is 6.08 Å². The van der Waals surface area contributed by atoms with Crippen molar-refractivity contribution in [2.75, 3.05) is 12.3 Å². The van der Waals surface area contributed by atoms with Gasteiger partial charge in [-0.1, -0.05) is 0 Å². The van der Waals surface area contributed by atoms with Crippen LogP contribution in [0.1, 0.15) is 23.3 Å². The Bertz CT molecular complexity index is 589. The summed E-state index contributed by atoms with van der Waals surface area (Å²) >= 11 is 1.45. The first-order valence-electron chi connectivity index (χ1n) is 5.93. The average Bonchev–Trinajstić information content (AvgIpc) is 2.77. The highest BCUT2D eigenvalue weighted by molar-refractivity contribution is 7.89. The summed E-state index contributed by atoms with van der Waals surface area (Å²) < 4.78 is 25.2. The maximum atomic E-state index is 11.8. The van der Waals surface area contributed by atoms with Gasteiger partial charge >= 0.3 is 5.97 Å². The standard InChI is InChI=1S/C12H15NO4S2/c14-12(15)4-3-10-7-11(18-9-10)8-13-5-1-2-6-19(13,16)17/h3-4,7,9H,1-2,5-6,8H2,(H,14,15)/b4-3+. The predicted molar refractivity (Wildman–Crippen MR) is 74.4 cm³/mol. The summed E-state index contributed by atoms with van der Waals surface area (Å²) in [5.41, 5.74) is 0.789. The van der Waals surface area contributed by atoms with Gasteiger partial charge in [-0.05, 0) is 35.9 Å². The van der Waals surface area contributed by atoms with Crippen molar-refractivity contribution in [1.82, 2.24) is 4.31 Å². The molecule has 0 unspecified atom stereocenters. The Labute approximate surface area is 116 Å². The number of hydrogen-bond donors (Lipinski definition) is 1. The molecule has 2 rings (SSSR count). The molecule has 1 aliphatic heterocycles. The number of hydrogen-bond acceptors (Lipinski definition) is 4. The van der Waals surface area contributed by atoms with Gasteiger partial charge in [0, 0.05) is 24.0 Å². The molecule has 104 valence electrons. The Morgan fingerprint density at radius 2 is 2.26 bits per heavy atom. The molecule has 0 atom stereocenters. The molecule has 1 aromatic rings. The minimum atomic E-state index is -3.11. The fourth-order valence-electron chi connectivity index (χ4n) is 1.93. The summed E-state index contributed by atoms with van der Waals surface area (Å²) in [5.74, 6) is -0.768. The molecule has 0 aliphatic carbocycles. The van der Waals surface area contributed by atoms with Crippen LogP contribution in [0.5, 0.6) is 0 Å². The van der Waals surface area contributed by atoms with Crippen molar-refractivity contribution in [1.29, 1.82) is 0 Å². The molecular formula is C12H15NO4S2. The SMILES string of the molecule is O=C(O)/C=C/c1csc(CN2CCCCS2(=O)=O)c1. The van der Waals surface area contributed by atoms with E-state index in [0.717, 1.165) is 29.4 Å². The molecule has 1 saturated heterocycles. The molecule has 0 spiro atoms. The molecule has 0 aromatic carbocycles. The van der Waals surface area contributed by atoms with Crippen LogP contribution in [0.4, 0.5) is 0 Å². The van der Waals surface area contributed by atoms with Crippen LogP contribution in [-0.4, -0.2) is 36.1 Å². The van der Waals surface area contributed by atoms with Gasteiger partial charge in [0.2, 0.25) is 10.0 Å². The van der Waals surface area contributed by atoms with Gasteiger partial charge in [-0.15, -0.1) is 11.3 Å². The molecule has 1 N–H and O–H groups in total. The van der Waals surface area contributed by atoms with Gasteiger partial charge in [-0.3, -0.25) is 0 Å². The van der Waals surface area contributed by atoms with E-state index >= 15 is 0 Å². The third kappa shape index (κ3) is 3.89. The monoisotopic (exact) mass is 301 g/mol. The molecule has 0 radical (unpaired) electrons. The normalized spacial score (nSPS) is 19.8. The molecule has 2 heterocycles. The van der Waals surface area contributed by atoms with E-state index in [4.69, 9.17) is 5.11 Å². The highest BCUT2D eigenvalue weighted by atomic mass is 32.2. The largest absolute Gasteiger partial charge is 0.478 e. The van der Waals surface area contributed by atoms with Crippen LogP contribution in [0.15, 0.2) is 17.5 Å². The highest BCUT2D eigenvalue weighted by Crippen LogP contribution is 2.22. The number of thiophene rings is 1. The van der Waals surface area contributed by atoms with Crippen molar-refractivity contribution >= 4 is 33.4 Å². The zero-order valence-corrected chi connectivity index (χ0v) is 11.9. The van der Waals surface area contributed by atoms with Crippen molar-refractivity contribution in [2.45, 2.75) is 19.4 Å². The lowest BCUT2D eigenvalue weighted by molar-refractivity contribution is -0.131. The number of carboxylic acid groups (broad SMARTS) is 1. The second-order valence-electron chi connectivity index (χ2n) is 4.37. The van der Waals surface area contributed by atoms with E-state index in [1.165, 1.54) is 21.7 Å². The summed E-state index contributed by atoms with van der Waals surface area (Å²) in [5, 5.41) is 10.4. The smallest absolute Gasteiger partial charge is 0.328 e. The van der Waals surface area contributed by atoms with Gasteiger partial charge in [0.1, 0.15) is 0 Å². The van der Waals surface area contributed by atoms with Gasteiger partial charge in [0.25, 0.3) is 0 Å². The summed E-state index contributed by atoms with van der Waals surface area (Å²) in [4.78, 5) is 11.3. The number of aliphatic carboxylic acids is 1. The lowest BCUT2D eigenvalue weighted by Crippen LogP contribution is -2.36. The van der Waals surface area contributed by atoms with Gasteiger partial charge in [-0.2, -0.15) is 4.31 Å². The molecule has 0 saturated carbocycles. The quantitative estimate of drug-likeness (QED) is 0.860. The first-order valence-corrected chi connectivity index (χ1v) is 8.42. The summed E-state index contributed by atoms with van der Waals surface area (Å²) in [6.07, 6.45) is 4.21. The molecule has 0 bridgehead atoms. The number of nitrogens with zero attached hydrogens (tertiary/aromatic N) is 1. The lowest BCUT2D eigenvalue weighted by atomic mass is 10.3. The van der Waals surface area contributed by atoms with Crippen LogP contribution >= 0.6 is 11.3 Å². The zero-order valence-electron chi connectivity index (χ0n) is 10.3. The van der Waals surface area contributed by atoms with Gasteiger partial charge in [0.15, 0.2) is 0 Å². The Hall–Kier alpha value is -1.18. The third-order valence-electron chi connectivity index (χ3n) is 2.88. The molecule has 1 aromatic heterocycles. The molecule has 1 fully saturated rings. The summed E-state index contributed by atoms with van der Waals surface area (Å²) in [6, 6.07) is 1.83. The fourth-order valence-corrected chi connectivity index (χ4v) is 4.45. The van der Waals surface area contributed by atoms with E-state index in [1.54, 1.807) is 0 Å². The van der Waals surface area contributed by atoms with Crippen LogP contribution in [-0.2, 0) is 21.4 Å². The first kappa shape index (κ1) is 14.2. The maximum absolute atomic E-state index is 11.8. The Morgan fingerprint density at radius 3 is 2.95 bits per heavy atom. The number of sulfonamides is 1. The predicted octanol–water partition coefficient (Wildman–Crippen LogP) is 1.77. The van der Waals surface area contributed by atoms with E-state index in [-0.39, 0.29) is 5.75 Å². The van der Waals surface area contributed by atoms with E-state index in [0.29, 0.717) is 13.1 Å². The number of rotatable bonds is 4. The Kier molecular flexibility index (Phi) is 4.38. The third-order valence-corrected chi connectivity index (χ3v) is 5.72. The van der Waals surface area contributed by atoms with Gasteiger partial charge < -0.3 is 5.11 Å². The molecule has 19 heavy (non-hydrogen) atoms. The van der Waals surface area contributed by atoms with Gasteiger partial charge in [0.05, 0.1) is 5.75 Å².